The van der Waals surface area contributed by atoms with E-state index in [1.807, 2.05) is 13.8 Å². The van der Waals surface area contributed by atoms with Crippen LogP contribution in [0.25, 0.3) is 21.8 Å². The molecule has 4 aliphatic heterocycles. The molecule has 0 spiro atoms. The zero-order chi connectivity index (χ0) is 100.0. The number of aliphatic hydroxyl groups is 2. The average Bonchev–Trinajstić information content (AvgIpc) is 1.67. The van der Waals surface area contributed by atoms with Crippen LogP contribution in [0.3, 0.4) is 0 Å². The number of thioether (sulfide) groups is 1. The van der Waals surface area contributed by atoms with Gasteiger partial charge in [-0.05, 0) is 118 Å². The number of guanidine groups is 1. The summed E-state index contributed by atoms with van der Waals surface area (Å²) >= 11 is 0.768. The van der Waals surface area contributed by atoms with Gasteiger partial charge in [-0.3, -0.25) is 86.9 Å². The zero-order valence-corrected chi connectivity index (χ0v) is 78.5. The number of carboxylic acids is 1. The standard InChI is InChI=1S/C92H128N24O21S/c1-5-7-24-70-83(129)104-61(23-16-33-98-92(95)96)79(125)111-69(78(124)101-45-75(94)120)48-138-49-76(121)103-65(36-51-28-30-55(118)31-29-51)89(135)114-34-14-13-26-71(114)85(131)109-67(41-77(122)123)90(136)115-35-17-27-72(115)84(130)107-64(39-54-44-97-50-102-54)81(127)105-62(22-15-32-93)88(134)116-46-56(119)40-74(116)86(132)106-63(37-52-42-99-59-20-11-9-18-57(52)59)80(126)110-68(47-117)82(128)108-66(38-53-43-100-60-21-12-10-19-58(53)60)87(133)113(4)73(25-8-6-2)91(137)112(70)3/h9-12,18-21,28-31,42-44,50,56,61-74,99-100,117-119H,5-8,13-17,22-27,32-41,45-49,93H2,1-4H3,(H2,94,120)(H,97,102)(H,101,124)(H,103,121)(H,104,129)(H,105,127)(H,106,132)(H,107,130)(H,108,128)(H,109,131)(H,110,126)(H,111,125)(H,122,123)(H4,95,96,98)/t56-,61+,62+,63-,64-,65+,66+,67-,68+,69-,70-,71?,72+,73-,74?/m1/s1. The van der Waals surface area contributed by atoms with E-state index in [1.165, 1.54) is 55.8 Å². The molecule has 0 bridgehead atoms. The largest absolute Gasteiger partial charge is 0.508 e. The van der Waals surface area contributed by atoms with Crippen LogP contribution in [0.15, 0.2) is 97.7 Å². The van der Waals surface area contributed by atoms with Crippen LogP contribution in [-0.4, -0.2) is 333 Å². The number of benzene rings is 3. The first-order chi connectivity index (χ1) is 66.1. The number of rotatable bonds is 27. The number of H-pyrrole nitrogens is 3. The molecule has 138 heavy (non-hydrogen) atoms. The maximum absolute atomic E-state index is 15.8. The lowest BCUT2D eigenvalue weighted by Gasteiger charge is -2.38. The van der Waals surface area contributed by atoms with Gasteiger partial charge in [-0.1, -0.05) is 88.1 Å². The quantitative estimate of drug-likeness (QED) is 0.0138. The van der Waals surface area contributed by atoms with E-state index in [1.54, 1.807) is 60.9 Å². The molecule has 4 saturated heterocycles. The maximum Gasteiger partial charge on any atom is 0.305 e. The molecule has 25 N–H and O–H groups in total. The van der Waals surface area contributed by atoms with Gasteiger partial charge in [0.2, 0.25) is 94.5 Å². The molecule has 4 aliphatic rings. The number of aromatic amines is 3. The lowest BCUT2D eigenvalue weighted by molar-refractivity contribution is -0.149. The minimum atomic E-state index is -1.91. The molecule has 3 aromatic heterocycles. The summed E-state index contributed by atoms with van der Waals surface area (Å²) in [5.74, 6) is -18.3. The van der Waals surface area contributed by atoms with E-state index in [0.717, 1.165) is 31.4 Å². The van der Waals surface area contributed by atoms with Crippen molar-refractivity contribution in [1.29, 1.82) is 5.41 Å². The molecule has 7 heterocycles. The number of phenols is 1. The predicted molar refractivity (Wildman–Crippen MR) is 504 cm³/mol. The molecule has 3 aromatic carbocycles. The third kappa shape index (κ3) is 29.2. The molecule has 10 rings (SSSR count). The number of carboxylic acid groups (broad SMARTS) is 1. The van der Waals surface area contributed by atoms with Gasteiger partial charge in [0.05, 0.1) is 43.5 Å². The van der Waals surface area contributed by atoms with Crippen LogP contribution in [0.1, 0.15) is 145 Å². The van der Waals surface area contributed by atoms with Crippen molar-refractivity contribution in [2.24, 2.45) is 17.2 Å². The highest BCUT2D eigenvalue weighted by Gasteiger charge is 2.47. The Balaban J connectivity index is 1.03. The molecule has 0 radical (unpaired) electrons. The van der Waals surface area contributed by atoms with Gasteiger partial charge in [-0.15, -0.1) is 11.8 Å². The minimum absolute atomic E-state index is 0.0174. The van der Waals surface area contributed by atoms with E-state index in [-0.39, 0.29) is 121 Å². The average molecular weight is 1940 g/mol. The first-order valence-electron chi connectivity index (χ1n) is 46.6. The number of aromatic nitrogens is 4. The van der Waals surface area contributed by atoms with Crippen molar-refractivity contribution in [3.05, 3.63) is 120 Å². The third-order valence-electron chi connectivity index (χ3n) is 25.1. The third-order valence-corrected chi connectivity index (χ3v) is 26.1. The van der Waals surface area contributed by atoms with Crippen molar-refractivity contribution in [2.45, 2.75) is 239 Å². The summed E-state index contributed by atoms with van der Waals surface area (Å²) in [5, 5.41) is 81.6. The van der Waals surface area contributed by atoms with E-state index in [0.29, 0.717) is 77.0 Å². The Kier molecular flexibility index (Phi) is 39.6. The Hall–Kier alpha value is -13.8. The molecule has 16 amide bonds. The number of aliphatic carboxylic acids is 1. The van der Waals surface area contributed by atoms with Crippen LogP contribution < -0.4 is 75.7 Å². The number of aromatic hydroxyl groups is 1. The molecule has 0 saturated carbocycles. The van der Waals surface area contributed by atoms with Crippen molar-refractivity contribution in [3.63, 3.8) is 0 Å². The fraction of sp³-hybridized carbons (Fsp3) is 0.533. The smallest absolute Gasteiger partial charge is 0.305 e. The molecule has 0 aliphatic carbocycles. The SMILES string of the molecule is CCCC[C@@H]1C(=O)N(C)[C@H](CCCC)C(=O)N[C@@H](CCCNC(=N)N)C(=O)N[C@@H](C(=O)NCC(N)=O)CSCC(=O)N[C@@H](Cc2ccc(O)cc2)C(=O)N2CCCCC2C(=O)N[C@H](CC(=O)O)C(=O)N2CCC[C@H]2C(=O)N[C@H](Cc2c[nH]cn2)C(=O)N[C@@H](CCCN)C(=O)N2C[C@H](O)CC2C(=O)N[C@H](Cc2c[nH]c3ccccc23)C(=O)N[C@@H](CO)C(=O)N[C@@H](Cc2c[nH]c3ccccc23)C(=O)N1C. The van der Waals surface area contributed by atoms with Crippen molar-refractivity contribution in [2.75, 3.05) is 71.5 Å². The van der Waals surface area contributed by atoms with Gasteiger partial charge >= 0.3 is 5.97 Å². The van der Waals surface area contributed by atoms with Gasteiger partial charge < -0.3 is 136 Å². The topological polar surface area (TPSA) is 682 Å². The fourth-order valence-electron chi connectivity index (χ4n) is 17.7. The second kappa shape index (κ2) is 51.4. The molecular formula is C92H128N24O21S. The van der Waals surface area contributed by atoms with Crippen LogP contribution >= 0.6 is 11.8 Å². The van der Waals surface area contributed by atoms with Crippen molar-refractivity contribution in [1.82, 2.24) is 103 Å². The predicted octanol–water partition coefficient (Wildman–Crippen LogP) is -3.10. The van der Waals surface area contributed by atoms with Crippen LogP contribution in [0.4, 0.5) is 0 Å². The van der Waals surface area contributed by atoms with E-state index in [2.05, 4.69) is 78.4 Å². The highest BCUT2D eigenvalue weighted by Crippen LogP contribution is 2.29. The molecular weight excluding hydrogens is 1810 g/mol. The Morgan fingerprint density at radius 3 is 1.65 bits per heavy atom. The number of unbranched alkanes of at least 4 members (excludes halogenated alkanes) is 2. The number of imidazole rings is 1. The fourth-order valence-corrected chi connectivity index (χ4v) is 18.5. The Morgan fingerprint density at radius 1 is 0.529 bits per heavy atom. The number of nitrogens with two attached hydrogens (primary N) is 3. The Bertz CT molecular complexity index is 5310. The lowest BCUT2D eigenvalue weighted by atomic mass is 9.97. The van der Waals surface area contributed by atoms with Gasteiger partial charge in [0.15, 0.2) is 5.96 Å². The molecule has 2 unspecified atom stereocenters. The number of fused-ring (bicyclic) bond motifs is 5. The summed E-state index contributed by atoms with van der Waals surface area (Å²) in [7, 11) is 2.68. The van der Waals surface area contributed by atoms with Crippen LogP contribution in [0.2, 0.25) is 0 Å². The normalized spacial score (nSPS) is 24.9. The number of likely N-dealkylation sites (N-methyl/N-ethyl adjacent to an activating group) is 2. The molecule has 46 heteroatoms. The monoisotopic (exact) mass is 1940 g/mol. The first-order valence-corrected chi connectivity index (χ1v) is 47.7. The van der Waals surface area contributed by atoms with E-state index in [9.17, 15) is 49.2 Å². The molecule has 15 atom stereocenters. The number of aliphatic hydroxyl groups excluding tert-OH is 2. The van der Waals surface area contributed by atoms with E-state index >= 15 is 52.7 Å². The number of nitrogens with one attached hydrogen (secondary N) is 15. The zero-order valence-electron chi connectivity index (χ0n) is 77.7. The number of hydrogen-bond donors (Lipinski definition) is 22. The summed E-state index contributed by atoms with van der Waals surface area (Å²) in [6.45, 7) is 1.02. The highest BCUT2D eigenvalue weighted by molar-refractivity contribution is 8.00. The molecule has 45 nitrogen and oxygen atoms in total. The van der Waals surface area contributed by atoms with Gasteiger partial charge in [-0.2, -0.15) is 0 Å². The van der Waals surface area contributed by atoms with Crippen LogP contribution in [0, 0.1) is 5.41 Å². The number of phenolic OH excluding ortho intramolecular Hbond substituents is 1. The van der Waals surface area contributed by atoms with Gasteiger partial charge in [0.1, 0.15) is 90.3 Å². The summed E-state index contributed by atoms with van der Waals surface area (Å²) in [4.78, 5) is 271. The second-order valence-corrected chi connectivity index (χ2v) is 36.1. The number of nitrogens with zero attached hydrogens (tertiary/aromatic N) is 6. The number of amides is 16. The lowest BCUT2D eigenvalue weighted by Crippen LogP contribution is -2.62. The summed E-state index contributed by atoms with van der Waals surface area (Å²) in [5.41, 5.74) is 20.0. The summed E-state index contributed by atoms with van der Waals surface area (Å²) < 4.78 is 0. The highest BCUT2D eigenvalue weighted by atomic mass is 32.2. The summed E-state index contributed by atoms with van der Waals surface area (Å²) in [6, 6.07) is -2.50. The van der Waals surface area contributed by atoms with Gasteiger partial charge in [0, 0.05) is 119 Å². The second-order valence-electron chi connectivity index (χ2n) is 35.1. The van der Waals surface area contributed by atoms with Crippen molar-refractivity contribution >= 4 is 140 Å². The Morgan fingerprint density at radius 2 is 1.05 bits per heavy atom. The molecule has 6 aromatic rings. The molecule has 748 valence electrons. The van der Waals surface area contributed by atoms with Gasteiger partial charge in [-0.25, -0.2) is 4.98 Å². The van der Waals surface area contributed by atoms with Crippen molar-refractivity contribution in [3.8, 4) is 5.75 Å². The number of hydrogen-bond acceptors (Lipinski definition) is 24. The number of carbonyl (C=O) groups excluding carboxylic acids is 16. The minimum Gasteiger partial charge on any atom is -0.508 e. The van der Waals surface area contributed by atoms with Gasteiger partial charge in [0.25, 0.3) is 0 Å². The van der Waals surface area contributed by atoms with E-state index in [4.69, 9.17) is 22.6 Å². The van der Waals surface area contributed by atoms with Crippen LogP contribution in [-0.2, 0) is 107 Å². The van der Waals surface area contributed by atoms with Crippen LogP contribution in [0.5, 0.6) is 5.75 Å². The number of carbonyl (C=O) groups is 17. The number of para-hydroxylation sites is 2. The summed E-state index contributed by atoms with van der Waals surface area (Å²) in [6.07, 6.45) is 3.86. The molecule has 4 fully saturated rings. The van der Waals surface area contributed by atoms with E-state index < -0.39 is 241 Å². The maximum atomic E-state index is 15.8. The first kappa shape index (κ1) is 106. The Labute approximate surface area is 800 Å². The number of piperidine rings is 1. The van der Waals surface area contributed by atoms with Crippen molar-refractivity contribution < 1.29 is 102 Å². The number of primary amides is 1.